The predicted molar refractivity (Wildman–Crippen MR) is 55.1 cm³/mol. The molecule has 78 valence electrons. The quantitative estimate of drug-likeness (QED) is 0.805. The summed E-state index contributed by atoms with van der Waals surface area (Å²) in [5.74, 6) is 1.30. The van der Waals surface area contributed by atoms with E-state index in [-0.39, 0.29) is 0 Å². The molecule has 5 nitrogen and oxygen atoms in total. The number of rotatable bonds is 2. The Morgan fingerprint density at radius 3 is 2.93 bits per heavy atom. The van der Waals surface area contributed by atoms with Crippen molar-refractivity contribution in [3.8, 4) is 11.5 Å². The fraction of sp³-hybridized carbons (Fsp3) is 0.400. The zero-order chi connectivity index (χ0) is 10.4. The van der Waals surface area contributed by atoms with Crippen molar-refractivity contribution in [3.05, 3.63) is 18.0 Å². The molecule has 2 N–H and O–H groups in total. The monoisotopic (exact) mass is 204 g/mol. The van der Waals surface area contributed by atoms with Crippen LogP contribution in [0.5, 0.6) is 0 Å². The Hall–Kier alpha value is -1.78. The molecule has 1 aliphatic carbocycles. The SMILES string of the molecule is Cn1ncc(N)c1-c1cc(C2CC2)no1. The van der Waals surface area contributed by atoms with E-state index in [0.29, 0.717) is 17.4 Å². The lowest BCUT2D eigenvalue weighted by atomic mass is 10.2. The molecule has 3 rings (SSSR count). The van der Waals surface area contributed by atoms with Crippen LogP contribution in [0.25, 0.3) is 11.5 Å². The number of nitrogen functional groups attached to an aromatic ring is 1. The Kier molecular flexibility index (Phi) is 1.62. The number of nitrogens with two attached hydrogens (primary N) is 1. The van der Waals surface area contributed by atoms with E-state index >= 15 is 0 Å². The van der Waals surface area contributed by atoms with Crippen LogP contribution >= 0.6 is 0 Å². The molecule has 15 heavy (non-hydrogen) atoms. The maximum atomic E-state index is 5.80. The fourth-order valence-electron chi connectivity index (χ4n) is 1.73. The van der Waals surface area contributed by atoms with Crippen LogP contribution in [0.2, 0.25) is 0 Å². The zero-order valence-electron chi connectivity index (χ0n) is 8.47. The van der Waals surface area contributed by atoms with E-state index in [1.807, 2.05) is 13.1 Å². The molecule has 2 aromatic rings. The molecular formula is C10H12N4O. The van der Waals surface area contributed by atoms with Gasteiger partial charge in [-0.05, 0) is 12.8 Å². The van der Waals surface area contributed by atoms with Crippen LogP contribution in [0.15, 0.2) is 16.8 Å². The Labute approximate surface area is 86.9 Å². The molecule has 0 aliphatic heterocycles. The molecule has 0 radical (unpaired) electrons. The molecule has 1 fully saturated rings. The van der Waals surface area contributed by atoms with Gasteiger partial charge in [-0.3, -0.25) is 4.68 Å². The van der Waals surface area contributed by atoms with Crippen LogP contribution in [-0.4, -0.2) is 14.9 Å². The molecule has 0 amide bonds. The van der Waals surface area contributed by atoms with E-state index in [0.717, 1.165) is 11.4 Å². The van der Waals surface area contributed by atoms with Crippen LogP contribution in [0.3, 0.4) is 0 Å². The van der Waals surface area contributed by atoms with E-state index in [1.165, 1.54) is 12.8 Å². The molecule has 0 bridgehead atoms. The van der Waals surface area contributed by atoms with Gasteiger partial charge in [-0.15, -0.1) is 0 Å². The summed E-state index contributed by atoms with van der Waals surface area (Å²) in [5, 5.41) is 8.11. The highest BCUT2D eigenvalue weighted by atomic mass is 16.5. The molecule has 0 spiro atoms. The number of aromatic nitrogens is 3. The van der Waals surface area contributed by atoms with Crippen LogP contribution in [0.1, 0.15) is 24.5 Å². The average Bonchev–Trinajstić information content (AvgIpc) is 2.87. The highest BCUT2D eigenvalue weighted by Gasteiger charge is 2.28. The minimum Gasteiger partial charge on any atom is -0.396 e. The predicted octanol–water partition coefficient (Wildman–Crippen LogP) is 1.53. The van der Waals surface area contributed by atoms with Crippen LogP contribution in [0.4, 0.5) is 5.69 Å². The van der Waals surface area contributed by atoms with Crippen molar-refractivity contribution in [2.75, 3.05) is 5.73 Å². The second-order valence-corrected chi connectivity index (χ2v) is 3.96. The van der Waals surface area contributed by atoms with E-state index in [9.17, 15) is 0 Å². The third-order valence-corrected chi connectivity index (χ3v) is 2.72. The van der Waals surface area contributed by atoms with E-state index in [1.54, 1.807) is 10.9 Å². The first-order valence-electron chi connectivity index (χ1n) is 5.00. The maximum Gasteiger partial charge on any atom is 0.187 e. The first kappa shape index (κ1) is 8.52. The molecular weight excluding hydrogens is 192 g/mol. The van der Waals surface area contributed by atoms with E-state index < -0.39 is 0 Å². The Morgan fingerprint density at radius 2 is 2.33 bits per heavy atom. The molecule has 2 aromatic heterocycles. The van der Waals surface area contributed by atoms with Gasteiger partial charge < -0.3 is 10.3 Å². The normalized spacial score (nSPS) is 15.8. The third kappa shape index (κ3) is 1.31. The van der Waals surface area contributed by atoms with Gasteiger partial charge in [-0.1, -0.05) is 5.16 Å². The second kappa shape index (κ2) is 2.85. The van der Waals surface area contributed by atoms with E-state index in [2.05, 4.69) is 10.3 Å². The zero-order valence-corrected chi connectivity index (χ0v) is 8.47. The van der Waals surface area contributed by atoms with Crippen molar-refractivity contribution >= 4 is 5.69 Å². The number of aryl methyl sites for hydroxylation is 1. The lowest BCUT2D eigenvalue weighted by molar-refractivity contribution is 0.421. The summed E-state index contributed by atoms with van der Waals surface area (Å²) in [4.78, 5) is 0. The number of hydrogen-bond donors (Lipinski definition) is 1. The van der Waals surface area contributed by atoms with Gasteiger partial charge in [-0.25, -0.2) is 0 Å². The molecule has 5 heteroatoms. The number of hydrogen-bond acceptors (Lipinski definition) is 4. The van der Waals surface area contributed by atoms with Gasteiger partial charge in [-0.2, -0.15) is 5.10 Å². The summed E-state index contributed by atoms with van der Waals surface area (Å²) in [6.07, 6.45) is 4.05. The fourth-order valence-corrected chi connectivity index (χ4v) is 1.73. The van der Waals surface area contributed by atoms with Crippen molar-refractivity contribution in [1.82, 2.24) is 14.9 Å². The van der Waals surface area contributed by atoms with Gasteiger partial charge in [0.2, 0.25) is 0 Å². The van der Waals surface area contributed by atoms with Gasteiger partial charge in [0.25, 0.3) is 0 Å². The van der Waals surface area contributed by atoms with Gasteiger partial charge in [0, 0.05) is 19.0 Å². The lowest BCUT2D eigenvalue weighted by Gasteiger charge is -1.96. The molecule has 0 unspecified atom stereocenters. The maximum absolute atomic E-state index is 5.80. The van der Waals surface area contributed by atoms with Crippen molar-refractivity contribution < 1.29 is 4.52 Å². The van der Waals surface area contributed by atoms with Crippen LogP contribution in [0, 0.1) is 0 Å². The van der Waals surface area contributed by atoms with E-state index in [4.69, 9.17) is 10.3 Å². The third-order valence-electron chi connectivity index (χ3n) is 2.72. The minimum atomic E-state index is 0.594. The summed E-state index contributed by atoms with van der Waals surface area (Å²) in [5.41, 5.74) is 8.26. The first-order chi connectivity index (χ1) is 7.25. The van der Waals surface area contributed by atoms with Gasteiger partial charge >= 0.3 is 0 Å². The Balaban J connectivity index is 2.04. The van der Waals surface area contributed by atoms with Gasteiger partial charge in [0.15, 0.2) is 5.76 Å². The highest BCUT2D eigenvalue weighted by Crippen LogP contribution is 2.40. The Morgan fingerprint density at radius 1 is 1.53 bits per heavy atom. The number of anilines is 1. The molecule has 0 aromatic carbocycles. The van der Waals surface area contributed by atoms with Crippen molar-refractivity contribution in [2.24, 2.45) is 7.05 Å². The summed E-state index contributed by atoms with van der Waals surface area (Å²) in [6.45, 7) is 0. The van der Waals surface area contributed by atoms with Gasteiger partial charge in [0.1, 0.15) is 5.69 Å². The van der Waals surface area contributed by atoms with Crippen molar-refractivity contribution in [1.29, 1.82) is 0 Å². The van der Waals surface area contributed by atoms with Crippen molar-refractivity contribution in [2.45, 2.75) is 18.8 Å². The smallest absolute Gasteiger partial charge is 0.187 e. The van der Waals surface area contributed by atoms with Crippen LogP contribution < -0.4 is 5.73 Å². The average molecular weight is 204 g/mol. The molecule has 1 saturated carbocycles. The first-order valence-corrected chi connectivity index (χ1v) is 5.00. The highest BCUT2D eigenvalue weighted by molar-refractivity contribution is 5.68. The lowest BCUT2D eigenvalue weighted by Crippen LogP contribution is -1.94. The Bertz CT molecular complexity index is 476. The minimum absolute atomic E-state index is 0.594. The summed E-state index contributed by atoms with van der Waals surface area (Å²) < 4.78 is 6.98. The topological polar surface area (TPSA) is 69.9 Å². The number of nitrogens with zero attached hydrogens (tertiary/aromatic N) is 3. The molecule has 2 heterocycles. The standard InChI is InChI=1S/C10H12N4O/c1-14-10(7(11)5-12-14)9-4-8(13-15-9)6-2-3-6/h4-6H,2-3,11H2,1H3. The van der Waals surface area contributed by atoms with Crippen LogP contribution in [-0.2, 0) is 7.05 Å². The molecule has 0 atom stereocenters. The summed E-state index contributed by atoms with van der Waals surface area (Å²) >= 11 is 0. The van der Waals surface area contributed by atoms with Crippen molar-refractivity contribution in [3.63, 3.8) is 0 Å². The second-order valence-electron chi connectivity index (χ2n) is 3.96. The largest absolute Gasteiger partial charge is 0.396 e. The van der Waals surface area contributed by atoms with Gasteiger partial charge in [0.05, 0.1) is 17.6 Å². The summed E-state index contributed by atoms with van der Waals surface area (Å²) in [7, 11) is 1.84. The summed E-state index contributed by atoms with van der Waals surface area (Å²) in [6, 6.07) is 1.96. The molecule has 1 aliphatic rings. The molecule has 0 saturated heterocycles.